The van der Waals surface area contributed by atoms with Crippen LogP contribution in [0.5, 0.6) is 0 Å². The number of hydrogen-bond donors (Lipinski definition) is 2. The van der Waals surface area contributed by atoms with E-state index in [4.69, 9.17) is 5.11 Å². The number of pyridine rings is 1. The van der Waals surface area contributed by atoms with Crippen LogP contribution in [-0.4, -0.2) is 26.5 Å². The molecular weight excluding hydrogens is 362 g/mol. The number of carbonyl (C=O) groups is 2. The van der Waals surface area contributed by atoms with E-state index in [9.17, 15) is 24.5 Å². The Labute approximate surface area is 149 Å². The first kappa shape index (κ1) is 17.3. The smallest absolute Gasteiger partial charge is 0.345 e. The Morgan fingerprint density at radius 1 is 1.23 bits per heavy atom. The summed E-state index contributed by atoms with van der Waals surface area (Å²) in [6.45, 7) is -0.386. The Bertz CT molecular complexity index is 1100. The van der Waals surface area contributed by atoms with Crippen molar-refractivity contribution < 1.29 is 19.6 Å². The summed E-state index contributed by atoms with van der Waals surface area (Å²) in [5.74, 6) is -1.57. The summed E-state index contributed by atoms with van der Waals surface area (Å²) in [4.78, 5) is 45.2. The fourth-order valence-corrected chi connectivity index (χ4v) is 3.21. The molecule has 10 heteroatoms. The summed E-state index contributed by atoms with van der Waals surface area (Å²) in [6, 6.07) is 8.51. The number of carboxylic acid groups (broad SMARTS) is 1. The van der Waals surface area contributed by atoms with Gasteiger partial charge in [-0.15, -0.1) is 11.3 Å². The molecule has 132 valence electrons. The van der Waals surface area contributed by atoms with Gasteiger partial charge >= 0.3 is 5.97 Å². The maximum atomic E-state index is 12.1. The number of nitrogens with zero attached hydrogens (tertiary/aromatic N) is 2. The lowest BCUT2D eigenvalue weighted by Crippen LogP contribution is -2.26. The zero-order valence-electron chi connectivity index (χ0n) is 13.0. The van der Waals surface area contributed by atoms with Crippen LogP contribution < -0.4 is 10.9 Å². The van der Waals surface area contributed by atoms with E-state index < -0.39 is 22.4 Å². The van der Waals surface area contributed by atoms with Crippen LogP contribution in [-0.2, 0) is 11.3 Å². The lowest BCUT2D eigenvalue weighted by molar-refractivity contribution is -0.385. The molecule has 0 aliphatic heterocycles. The first-order valence-electron chi connectivity index (χ1n) is 7.25. The molecule has 0 bridgehead atoms. The predicted molar refractivity (Wildman–Crippen MR) is 94.8 cm³/mol. The van der Waals surface area contributed by atoms with Gasteiger partial charge in [0.2, 0.25) is 5.91 Å². The van der Waals surface area contributed by atoms with E-state index in [0.29, 0.717) is 11.1 Å². The number of benzene rings is 1. The molecule has 26 heavy (non-hydrogen) atoms. The van der Waals surface area contributed by atoms with Gasteiger partial charge in [0.1, 0.15) is 11.4 Å². The van der Waals surface area contributed by atoms with Gasteiger partial charge in [-0.3, -0.25) is 24.3 Å². The summed E-state index contributed by atoms with van der Waals surface area (Å²) in [5, 5.41) is 23.0. The number of rotatable bonds is 5. The van der Waals surface area contributed by atoms with Gasteiger partial charge in [-0.05, 0) is 29.7 Å². The lowest BCUT2D eigenvalue weighted by Gasteiger charge is -2.07. The van der Waals surface area contributed by atoms with Crippen molar-refractivity contribution in [3.63, 3.8) is 0 Å². The molecule has 2 N–H and O–H groups in total. The molecule has 9 nitrogen and oxygen atoms in total. The predicted octanol–water partition coefficient (Wildman–Crippen LogP) is 2.31. The Balaban J connectivity index is 1.79. The number of aromatic nitrogens is 1. The molecule has 0 saturated heterocycles. The van der Waals surface area contributed by atoms with Crippen molar-refractivity contribution in [3.05, 3.63) is 67.9 Å². The Kier molecular flexibility index (Phi) is 4.50. The molecule has 0 fully saturated rings. The molecule has 0 radical (unpaired) electrons. The minimum Gasteiger partial charge on any atom is -0.477 e. The topological polar surface area (TPSA) is 132 Å². The average Bonchev–Trinajstić information content (AvgIpc) is 3.00. The van der Waals surface area contributed by atoms with Crippen LogP contribution in [0.4, 0.5) is 11.4 Å². The minimum atomic E-state index is -1.03. The van der Waals surface area contributed by atoms with E-state index in [1.54, 1.807) is 18.2 Å². The standard InChI is InChI=1S/C16H11N3O6S/c20-14(8-18-7-11(19(24)25)2-4-15(18)21)17-10-1-3-12-9(5-10)6-13(26-12)16(22)23/h1-7H,8H2,(H,17,20)(H,22,23). The van der Waals surface area contributed by atoms with Gasteiger partial charge in [-0.25, -0.2) is 4.79 Å². The number of nitro groups is 1. The zero-order valence-corrected chi connectivity index (χ0v) is 13.9. The first-order chi connectivity index (χ1) is 12.3. The molecule has 0 atom stereocenters. The largest absolute Gasteiger partial charge is 0.477 e. The zero-order chi connectivity index (χ0) is 18.8. The maximum Gasteiger partial charge on any atom is 0.345 e. The quantitative estimate of drug-likeness (QED) is 0.521. The van der Waals surface area contributed by atoms with Crippen LogP contribution in [0.2, 0.25) is 0 Å². The average molecular weight is 373 g/mol. The highest BCUT2D eigenvalue weighted by Crippen LogP contribution is 2.28. The van der Waals surface area contributed by atoms with Crippen LogP contribution in [0, 0.1) is 10.1 Å². The first-order valence-corrected chi connectivity index (χ1v) is 8.07. The summed E-state index contributed by atoms with van der Waals surface area (Å²) in [7, 11) is 0. The molecule has 3 rings (SSSR count). The van der Waals surface area contributed by atoms with Crippen LogP contribution in [0.1, 0.15) is 9.67 Å². The number of nitrogens with one attached hydrogen (secondary N) is 1. The third kappa shape index (κ3) is 3.59. The second-order valence-corrected chi connectivity index (χ2v) is 6.41. The van der Waals surface area contributed by atoms with Crippen molar-refractivity contribution >= 4 is 44.7 Å². The normalized spacial score (nSPS) is 10.6. The van der Waals surface area contributed by atoms with E-state index in [0.717, 1.165) is 38.9 Å². The molecule has 0 aliphatic carbocycles. The third-order valence-corrected chi connectivity index (χ3v) is 4.61. The lowest BCUT2D eigenvalue weighted by atomic mass is 10.2. The Hall–Kier alpha value is -3.53. The fourth-order valence-electron chi connectivity index (χ4n) is 2.33. The van der Waals surface area contributed by atoms with Crippen molar-refractivity contribution in [2.24, 2.45) is 0 Å². The van der Waals surface area contributed by atoms with Crippen molar-refractivity contribution in [1.29, 1.82) is 0 Å². The number of carbonyl (C=O) groups excluding carboxylic acids is 1. The van der Waals surface area contributed by atoms with Crippen molar-refractivity contribution in [2.75, 3.05) is 5.32 Å². The molecule has 3 aromatic rings. The van der Waals surface area contributed by atoms with Gasteiger partial charge < -0.3 is 10.4 Å². The number of anilines is 1. The van der Waals surface area contributed by atoms with Gasteiger partial charge in [0.05, 0.1) is 11.1 Å². The number of thiophene rings is 1. The molecule has 0 aliphatic rings. The Morgan fingerprint density at radius 3 is 2.69 bits per heavy atom. The van der Waals surface area contributed by atoms with Crippen LogP contribution in [0.15, 0.2) is 47.4 Å². The minimum absolute atomic E-state index is 0.187. The molecule has 2 aromatic heterocycles. The summed E-state index contributed by atoms with van der Waals surface area (Å²) in [6.07, 6.45) is 1.00. The van der Waals surface area contributed by atoms with Crippen LogP contribution >= 0.6 is 11.3 Å². The van der Waals surface area contributed by atoms with Gasteiger partial charge in [-0.2, -0.15) is 0 Å². The number of hydrogen-bond acceptors (Lipinski definition) is 6. The highest BCUT2D eigenvalue weighted by molar-refractivity contribution is 7.20. The van der Waals surface area contributed by atoms with E-state index in [-0.39, 0.29) is 17.1 Å². The van der Waals surface area contributed by atoms with E-state index in [1.807, 2.05) is 0 Å². The van der Waals surface area contributed by atoms with Crippen molar-refractivity contribution in [3.8, 4) is 0 Å². The summed E-state index contributed by atoms with van der Waals surface area (Å²) < 4.78 is 1.70. The van der Waals surface area contributed by atoms with Crippen LogP contribution in [0.25, 0.3) is 10.1 Å². The van der Waals surface area contributed by atoms with Gasteiger partial charge in [-0.1, -0.05) is 0 Å². The second kappa shape index (κ2) is 6.76. The van der Waals surface area contributed by atoms with Gasteiger partial charge in [0.15, 0.2) is 0 Å². The van der Waals surface area contributed by atoms with Gasteiger partial charge in [0.25, 0.3) is 11.2 Å². The highest BCUT2D eigenvalue weighted by atomic mass is 32.1. The molecular formula is C16H11N3O6S. The van der Waals surface area contributed by atoms with Crippen molar-refractivity contribution in [2.45, 2.75) is 6.54 Å². The number of aromatic carboxylic acids is 1. The number of carboxylic acids is 1. The van der Waals surface area contributed by atoms with E-state index >= 15 is 0 Å². The molecule has 1 aromatic carbocycles. The van der Waals surface area contributed by atoms with Crippen molar-refractivity contribution in [1.82, 2.24) is 4.57 Å². The van der Waals surface area contributed by atoms with E-state index in [1.165, 1.54) is 6.07 Å². The van der Waals surface area contributed by atoms with Crippen LogP contribution in [0.3, 0.4) is 0 Å². The fraction of sp³-hybridized carbons (Fsp3) is 0.0625. The number of fused-ring (bicyclic) bond motifs is 1. The Morgan fingerprint density at radius 2 is 2.00 bits per heavy atom. The highest BCUT2D eigenvalue weighted by Gasteiger charge is 2.12. The number of amides is 1. The van der Waals surface area contributed by atoms with Gasteiger partial charge in [0, 0.05) is 22.5 Å². The molecule has 0 spiro atoms. The molecule has 1 amide bonds. The molecule has 0 saturated carbocycles. The summed E-state index contributed by atoms with van der Waals surface area (Å²) >= 11 is 1.12. The molecule has 0 unspecified atom stereocenters. The monoisotopic (exact) mass is 373 g/mol. The molecule has 2 heterocycles. The summed E-state index contributed by atoms with van der Waals surface area (Å²) in [5.41, 5.74) is -0.404. The second-order valence-electron chi connectivity index (χ2n) is 5.33. The van der Waals surface area contributed by atoms with E-state index in [2.05, 4.69) is 5.32 Å². The SMILES string of the molecule is O=C(Cn1cc([N+](=O)[O-])ccc1=O)Nc1ccc2sc(C(=O)O)cc2c1. The maximum absolute atomic E-state index is 12.1. The third-order valence-electron chi connectivity index (χ3n) is 3.50.